The summed E-state index contributed by atoms with van der Waals surface area (Å²) >= 11 is 0. The maximum atomic E-state index is 11.5. The topological polar surface area (TPSA) is 119 Å². The van der Waals surface area contributed by atoms with E-state index in [1.807, 2.05) is 0 Å². The Morgan fingerprint density at radius 3 is 2.71 bits per heavy atom. The van der Waals surface area contributed by atoms with Crippen LogP contribution in [0, 0.1) is 0 Å². The van der Waals surface area contributed by atoms with Crippen molar-refractivity contribution in [3.8, 4) is 0 Å². The molecule has 8 nitrogen and oxygen atoms in total. The lowest BCUT2D eigenvalue weighted by Gasteiger charge is -2.20. The van der Waals surface area contributed by atoms with Crippen LogP contribution in [-0.4, -0.2) is 38.8 Å². The molecule has 1 aliphatic carbocycles. The van der Waals surface area contributed by atoms with Gasteiger partial charge in [0, 0.05) is 12.6 Å². The first-order chi connectivity index (χ1) is 8.08. The predicted molar refractivity (Wildman–Crippen MR) is 58.1 cm³/mol. The number of aromatic nitrogens is 3. The first-order valence-electron chi connectivity index (χ1n) is 5.25. The van der Waals surface area contributed by atoms with E-state index in [4.69, 9.17) is 5.11 Å². The molecule has 2 rings (SSSR count). The lowest BCUT2D eigenvalue weighted by molar-refractivity contribution is -0.136. The molecule has 0 unspecified atom stereocenters. The highest BCUT2D eigenvalue weighted by molar-refractivity contribution is 5.67. The first kappa shape index (κ1) is 11.4. The van der Waals surface area contributed by atoms with Crippen molar-refractivity contribution in [2.75, 3.05) is 11.4 Å². The molecular weight excluding hydrogens is 228 g/mol. The molecule has 0 amide bonds. The van der Waals surface area contributed by atoms with Gasteiger partial charge in [0.25, 0.3) is 5.56 Å². The molecule has 1 heterocycles. The maximum Gasteiger partial charge on any atom is 0.342 e. The average Bonchev–Trinajstić information content (AvgIpc) is 3.04. The fourth-order valence-electron chi connectivity index (χ4n) is 1.60. The van der Waals surface area contributed by atoms with E-state index in [2.05, 4.69) is 15.2 Å². The number of anilines is 1. The minimum absolute atomic E-state index is 0.0727. The van der Waals surface area contributed by atoms with Crippen LogP contribution in [0.5, 0.6) is 0 Å². The SMILES string of the molecule is O=C(O)CCN(c1n[nH]c(=O)[nH]c1=O)C1CC1. The van der Waals surface area contributed by atoms with E-state index in [-0.39, 0.29) is 24.8 Å². The van der Waals surface area contributed by atoms with Crippen LogP contribution in [0.25, 0.3) is 0 Å². The molecular formula is C9H12N4O4. The highest BCUT2D eigenvalue weighted by Gasteiger charge is 2.31. The number of hydrogen-bond acceptors (Lipinski definition) is 5. The Labute approximate surface area is 95.3 Å². The zero-order valence-electron chi connectivity index (χ0n) is 8.97. The fourth-order valence-corrected chi connectivity index (χ4v) is 1.60. The van der Waals surface area contributed by atoms with Gasteiger partial charge < -0.3 is 10.0 Å². The Balaban J connectivity index is 2.23. The number of carboxylic acid groups (broad SMARTS) is 1. The first-order valence-corrected chi connectivity index (χ1v) is 5.25. The van der Waals surface area contributed by atoms with E-state index < -0.39 is 17.2 Å². The Hall–Kier alpha value is -2.12. The number of nitrogens with zero attached hydrogens (tertiary/aromatic N) is 2. The second-order valence-electron chi connectivity index (χ2n) is 3.90. The van der Waals surface area contributed by atoms with Crippen molar-refractivity contribution in [1.82, 2.24) is 15.2 Å². The highest BCUT2D eigenvalue weighted by atomic mass is 16.4. The highest BCUT2D eigenvalue weighted by Crippen LogP contribution is 2.28. The molecule has 92 valence electrons. The van der Waals surface area contributed by atoms with Crippen LogP contribution in [0.15, 0.2) is 9.59 Å². The summed E-state index contributed by atoms with van der Waals surface area (Å²) < 4.78 is 0. The number of carbonyl (C=O) groups is 1. The van der Waals surface area contributed by atoms with Crippen molar-refractivity contribution >= 4 is 11.8 Å². The number of rotatable bonds is 5. The van der Waals surface area contributed by atoms with Crippen LogP contribution in [0.3, 0.4) is 0 Å². The number of aliphatic carboxylic acids is 1. The van der Waals surface area contributed by atoms with Crippen molar-refractivity contribution in [3.63, 3.8) is 0 Å². The molecule has 8 heteroatoms. The number of carboxylic acids is 1. The molecule has 0 atom stereocenters. The quantitative estimate of drug-likeness (QED) is 0.601. The Kier molecular flexibility index (Phi) is 2.94. The lowest BCUT2D eigenvalue weighted by Crippen LogP contribution is -2.37. The van der Waals surface area contributed by atoms with Crippen molar-refractivity contribution in [2.24, 2.45) is 0 Å². The fraction of sp³-hybridized carbons (Fsp3) is 0.556. The van der Waals surface area contributed by atoms with Crippen molar-refractivity contribution in [1.29, 1.82) is 0 Å². The molecule has 0 saturated heterocycles. The van der Waals surface area contributed by atoms with Crippen molar-refractivity contribution in [2.45, 2.75) is 25.3 Å². The van der Waals surface area contributed by atoms with E-state index in [0.717, 1.165) is 12.8 Å². The summed E-state index contributed by atoms with van der Waals surface area (Å²) in [6.07, 6.45) is 1.73. The molecule has 1 fully saturated rings. The second-order valence-corrected chi connectivity index (χ2v) is 3.90. The van der Waals surface area contributed by atoms with Gasteiger partial charge in [-0.05, 0) is 12.8 Å². The lowest BCUT2D eigenvalue weighted by atomic mass is 10.3. The van der Waals surface area contributed by atoms with Gasteiger partial charge in [-0.1, -0.05) is 0 Å². The third-order valence-corrected chi connectivity index (χ3v) is 2.52. The molecule has 1 aliphatic rings. The Bertz CT molecular complexity index is 530. The smallest absolute Gasteiger partial charge is 0.342 e. The maximum absolute atomic E-state index is 11.5. The van der Waals surface area contributed by atoms with E-state index in [1.54, 1.807) is 4.90 Å². The summed E-state index contributed by atoms with van der Waals surface area (Å²) in [6, 6.07) is 0.147. The largest absolute Gasteiger partial charge is 0.481 e. The molecule has 17 heavy (non-hydrogen) atoms. The van der Waals surface area contributed by atoms with Crippen LogP contribution in [0.1, 0.15) is 19.3 Å². The monoisotopic (exact) mass is 240 g/mol. The third kappa shape index (κ3) is 2.71. The van der Waals surface area contributed by atoms with Crippen LogP contribution in [0.2, 0.25) is 0 Å². The number of aromatic amines is 2. The van der Waals surface area contributed by atoms with Gasteiger partial charge in [-0.2, -0.15) is 0 Å². The van der Waals surface area contributed by atoms with Gasteiger partial charge >= 0.3 is 11.7 Å². The summed E-state index contributed by atoms with van der Waals surface area (Å²) in [5, 5.41) is 14.4. The normalized spacial score (nSPS) is 14.6. The minimum atomic E-state index is -0.934. The van der Waals surface area contributed by atoms with Gasteiger partial charge in [-0.25, -0.2) is 9.89 Å². The number of H-pyrrole nitrogens is 2. The zero-order valence-corrected chi connectivity index (χ0v) is 8.97. The predicted octanol–water partition coefficient (Wildman–Crippen LogP) is -1.10. The molecule has 1 aromatic heterocycles. The molecule has 0 radical (unpaired) electrons. The zero-order chi connectivity index (χ0) is 12.4. The summed E-state index contributed by atoms with van der Waals surface area (Å²) in [6.45, 7) is 0.210. The van der Waals surface area contributed by atoms with Crippen molar-refractivity contribution < 1.29 is 9.90 Å². The molecule has 0 spiro atoms. The summed E-state index contributed by atoms with van der Waals surface area (Å²) in [5.74, 6) is -0.857. The van der Waals surface area contributed by atoms with Gasteiger partial charge in [0.15, 0.2) is 0 Å². The summed E-state index contributed by atoms with van der Waals surface area (Å²) in [5.41, 5.74) is -1.27. The van der Waals surface area contributed by atoms with Gasteiger partial charge in [0.2, 0.25) is 5.82 Å². The Morgan fingerprint density at radius 1 is 1.47 bits per heavy atom. The van der Waals surface area contributed by atoms with Gasteiger partial charge in [-0.3, -0.25) is 14.6 Å². The second kappa shape index (κ2) is 4.40. The van der Waals surface area contributed by atoms with E-state index in [0.29, 0.717) is 0 Å². The number of nitrogens with one attached hydrogen (secondary N) is 2. The number of hydrogen-bond donors (Lipinski definition) is 3. The van der Waals surface area contributed by atoms with Crippen molar-refractivity contribution in [3.05, 3.63) is 20.8 Å². The van der Waals surface area contributed by atoms with Gasteiger partial charge in [-0.15, -0.1) is 5.10 Å². The van der Waals surface area contributed by atoms with E-state index in [9.17, 15) is 14.4 Å². The van der Waals surface area contributed by atoms with Gasteiger partial charge in [0.1, 0.15) is 0 Å². The molecule has 0 aromatic carbocycles. The van der Waals surface area contributed by atoms with Crippen LogP contribution in [0.4, 0.5) is 5.82 Å². The van der Waals surface area contributed by atoms with Crippen LogP contribution in [-0.2, 0) is 4.79 Å². The van der Waals surface area contributed by atoms with Gasteiger partial charge in [0.05, 0.1) is 6.42 Å². The minimum Gasteiger partial charge on any atom is -0.481 e. The molecule has 3 N–H and O–H groups in total. The summed E-state index contributed by atoms with van der Waals surface area (Å²) in [4.78, 5) is 36.6. The Morgan fingerprint density at radius 2 is 2.18 bits per heavy atom. The summed E-state index contributed by atoms with van der Waals surface area (Å²) in [7, 11) is 0. The average molecular weight is 240 g/mol. The van der Waals surface area contributed by atoms with E-state index in [1.165, 1.54) is 0 Å². The molecule has 1 aromatic rings. The van der Waals surface area contributed by atoms with Crippen LogP contribution < -0.4 is 16.1 Å². The standard InChI is InChI=1S/C9H12N4O4/c14-6(15)3-4-13(5-1-2-5)7-8(16)10-9(17)12-11-7/h5H,1-4H2,(H,14,15)(H2,10,12,16,17). The van der Waals surface area contributed by atoms with E-state index >= 15 is 0 Å². The molecule has 0 aliphatic heterocycles. The third-order valence-electron chi connectivity index (χ3n) is 2.52. The molecule has 1 saturated carbocycles. The molecule has 0 bridgehead atoms. The van der Waals surface area contributed by atoms with Crippen LogP contribution >= 0.6 is 0 Å².